The van der Waals surface area contributed by atoms with Crippen molar-refractivity contribution in [3.8, 4) is 0 Å². The average Bonchev–Trinajstić information content (AvgIpc) is 2.93. The molecule has 0 spiro atoms. The van der Waals surface area contributed by atoms with Gasteiger partial charge in [0.25, 0.3) is 0 Å². The summed E-state index contributed by atoms with van der Waals surface area (Å²) in [5.74, 6) is 0. The number of benzene rings is 1. The van der Waals surface area contributed by atoms with E-state index in [4.69, 9.17) is 0 Å². The highest BCUT2D eigenvalue weighted by Gasteiger charge is 2.10. The topological polar surface area (TPSA) is 24.9 Å². The Bertz CT molecular complexity index is 425. The van der Waals surface area contributed by atoms with Crippen LogP contribution in [0.15, 0.2) is 41.2 Å². The molecule has 0 aliphatic heterocycles. The summed E-state index contributed by atoms with van der Waals surface area (Å²) in [5.41, 5.74) is 4.40. The van der Waals surface area contributed by atoms with Crippen LogP contribution in [0.1, 0.15) is 43.5 Å². The Kier molecular flexibility index (Phi) is 5.36. The van der Waals surface area contributed by atoms with Crippen LogP contribution in [-0.2, 0) is 6.54 Å². The highest BCUT2D eigenvalue weighted by molar-refractivity contribution is 7.07. The van der Waals surface area contributed by atoms with E-state index in [1.165, 1.54) is 24.8 Å². The van der Waals surface area contributed by atoms with Gasteiger partial charge in [-0.1, -0.05) is 50.1 Å². The molecule has 1 heterocycles. The minimum Gasteiger partial charge on any atom is -0.304 e. The van der Waals surface area contributed by atoms with E-state index in [1.807, 2.05) is 5.51 Å². The number of nitrogens with zero attached hydrogens (tertiary/aromatic N) is 1. The molecular weight excluding hydrogens is 240 g/mol. The maximum atomic E-state index is 4.32. The molecule has 0 radical (unpaired) electrons. The van der Waals surface area contributed by atoms with Crippen LogP contribution in [0, 0.1) is 0 Å². The molecule has 0 saturated heterocycles. The molecule has 2 aromatic rings. The standard InChI is InChI=1S/C15H20N2S/c1-2-3-9-15(13-7-5-4-6-8-13)16-10-14-11-18-12-17-14/h4-8,11-12,15-16H,2-3,9-10H2,1H3. The second kappa shape index (κ2) is 7.29. The number of aromatic nitrogens is 1. The summed E-state index contributed by atoms with van der Waals surface area (Å²) >= 11 is 1.65. The van der Waals surface area contributed by atoms with Crippen LogP contribution in [-0.4, -0.2) is 4.98 Å². The molecule has 1 aromatic carbocycles. The summed E-state index contributed by atoms with van der Waals surface area (Å²) in [4.78, 5) is 4.32. The van der Waals surface area contributed by atoms with Gasteiger partial charge in [-0.25, -0.2) is 4.98 Å². The van der Waals surface area contributed by atoms with Gasteiger partial charge in [0.2, 0.25) is 0 Å². The van der Waals surface area contributed by atoms with Crippen molar-refractivity contribution in [3.05, 3.63) is 52.5 Å². The van der Waals surface area contributed by atoms with E-state index in [0.717, 1.165) is 12.2 Å². The highest BCUT2D eigenvalue weighted by Crippen LogP contribution is 2.19. The summed E-state index contributed by atoms with van der Waals surface area (Å²) < 4.78 is 0. The lowest BCUT2D eigenvalue weighted by Gasteiger charge is -2.18. The Morgan fingerprint density at radius 1 is 1.28 bits per heavy atom. The van der Waals surface area contributed by atoms with Gasteiger partial charge in [-0.3, -0.25) is 0 Å². The van der Waals surface area contributed by atoms with Crippen molar-refractivity contribution in [2.45, 2.75) is 38.8 Å². The summed E-state index contributed by atoms with van der Waals surface area (Å²) in [6.07, 6.45) is 3.68. The van der Waals surface area contributed by atoms with E-state index in [2.05, 4.69) is 52.9 Å². The first-order chi connectivity index (χ1) is 8.90. The maximum absolute atomic E-state index is 4.32. The minimum absolute atomic E-state index is 0.438. The number of hydrogen-bond acceptors (Lipinski definition) is 3. The Morgan fingerprint density at radius 2 is 2.11 bits per heavy atom. The van der Waals surface area contributed by atoms with Crippen LogP contribution in [0.4, 0.5) is 0 Å². The molecule has 0 saturated carbocycles. The van der Waals surface area contributed by atoms with Gasteiger partial charge >= 0.3 is 0 Å². The number of nitrogens with one attached hydrogen (secondary N) is 1. The van der Waals surface area contributed by atoms with Crippen LogP contribution >= 0.6 is 11.3 Å². The third-order valence-electron chi connectivity index (χ3n) is 3.06. The number of unbranched alkanes of at least 4 members (excludes halogenated alkanes) is 1. The Hall–Kier alpha value is -1.19. The molecule has 1 aromatic heterocycles. The van der Waals surface area contributed by atoms with Crippen molar-refractivity contribution in [2.75, 3.05) is 0 Å². The third-order valence-corrected chi connectivity index (χ3v) is 3.70. The predicted molar refractivity (Wildman–Crippen MR) is 77.7 cm³/mol. The zero-order valence-electron chi connectivity index (χ0n) is 10.8. The summed E-state index contributed by atoms with van der Waals surface area (Å²) in [6, 6.07) is 11.1. The lowest BCUT2D eigenvalue weighted by atomic mass is 10.0. The first kappa shape index (κ1) is 13.2. The predicted octanol–water partition coefficient (Wildman–Crippen LogP) is 4.16. The van der Waals surface area contributed by atoms with E-state index in [-0.39, 0.29) is 0 Å². The fourth-order valence-corrected chi connectivity index (χ4v) is 2.59. The first-order valence-electron chi connectivity index (χ1n) is 6.55. The Balaban J connectivity index is 1.96. The molecule has 2 nitrogen and oxygen atoms in total. The second-order valence-corrected chi connectivity index (χ2v) is 5.18. The molecule has 2 rings (SSSR count). The van der Waals surface area contributed by atoms with Crippen molar-refractivity contribution in [3.63, 3.8) is 0 Å². The molecule has 1 atom stereocenters. The van der Waals surface area contributed by atoms with Gasteiger partial charge in [0.15, 0.2) is 0 Å². The second-order valence-electron chi connectivity index (χ2n) is 4.47. The zero-order chi connectivity index (χ0) is 12.6. The van der Waals surface area contributed by atoms with Crippen LogP contribution in [0.3, 0.4) is 0 Å². The van der Waals surface area contributed by atoms with Crippen molar-refractivity contribution >= 4 is 11.3 Å². The van der Waals surface area contributed by atoms with Gasteiger partial charge in [-0.05, 0) is 12.0 Å². The van der Waals surface area contributed by atoms with Crippen LogP contribution in [0.5, 0.6) is 0 Å². The molecular formula is C15H20N2S. The maximum Gasteiger partial charge on any atom is 0.0795 e. The monoisotopic (exact) mass is 260 g/mol. The summed E-state index contributed by atoms with van der Waals surface area (Å²) in [7, 11) is 0. The quantitative estimate of drug-likeness (QED) is 0.808. The molecule has 0 aliphatic carbocycles. The van der Waals surface area contributed by atoms with Gasteiger partial charge in [-0.15, -0.1) is 11.3 Å². The molecule has 1 unspecified atom stereocenters. The molecule has 96 valence electrons. The highest BCUT2D eigenvalue weighted by atomic mass is 32.1. The largest absolute Gasteiger partial charge is 0.304 e. The van der Waals surface area contributed by atoms with Gasteiger partial charge in [0.1, 0.15) is 0 Å². The van der Waals surface area contributed by atoms with E-state index < -0.39 is 0 Å². The Morgan fingerprint density at radius 3 is 2.78 bits per heavy atom. The van der Waals surface area contributed by atoms with E-state index in [1.54, 1.807) is 11.3 Å². The molecule has 0 amide bonds. The first-order valence-corrected chi connectivity index (χ1v) is 7.50. The lowest BCUT2D eigenvalue weighted by molar-refractivity contribution is 0.478. The van der Waals surface area contributed by atoms with E-state index in [9.17, 15) is 0 Å². The van der Waals surface area contributed by atoms with Crippen molar-refractivity contribution in [1.29, 1.82) is 0 Å². The molecule has 18 heavy (non-hydrogen) atoms. The van der Waals surface area contributed by atoms with Gasteiger partial charge in [-0.2, -0.15) is 0 Å². The molecule has 0 aliphatic rings. The molecule has 1 N–H and O–H groups in total. The number of hydrogen-bond donors (Lipinski definition) is 1. The van der Waals surface area contributed by atoms with Crippen molar-refractivity contribution in [1.82, 2.24) is 10.3 Å². The van der Waals surface area contributed by atoms with Crippen LogP contribution in [0.2, 0.25) is 0 Å². The smallest absolute Gasteiger partial charge is 0.0795 e. The van der Waals surface area contributed by atoms with Gasteiger partial charge < -0.3 is 5.32 Å². The summed E-state index contributed by atoms with van der Waals surface area (Å²) in [6.45, 7) is 3.09. The van der Waals surface area contributed by atoms with Crippen LogP contribution in [0.25, 0.3) is 0 Å². The number of rotatable bonds is 7. The fraction of sp³-hybridized carbons (Fsp3) is 0.400. The molecule has 0 bridgehead atoms. The fourth-order valence-electron chi connectivity index (χ4n) is 2.03. The molecule has 3 heteroatoms. The van der Waals surface area contributed by atoms with E-state index >= 15 is 0 Å². The molecule has 0 fully saturated rings. The van der Waals surface area contributed by atoms with Crippen molar-refractivity contribution in [2.24, 2.45) is 0 Å². The minimum atomic E-state index is 0.438. The third kappa shape index (κ3) is 3.93. The van der Waals surface area contributed by atoms with Crippen LogP contribution < -0.4 is 5.32 Å². The van der Waals surface area contributed by atoms with Crippen molar-refractivity contribution < 1.29 is 0 Å². The SMILES string of the molecule is CCCCC(NCc1cscn1)c1ccccc1. The normalized spacial score (nSPS) is 12.5. The Labute approximate surface area is 113 Å². The zero-order valence-corrected chi connectivity index (χ0v) is 11.6. The van der Waals surface area contributed by atoms with Gasteiger partial charge in [0.05, 0.1) is 11.2 Å². The lowest BCUT2D eigenvalue weighted by Crippen LogP contribution is -2.21. The number of thiazole rings is 1. The average molecular weight is 260 g/mol. The van der Waals surface area contributed by atoms with E-state index in [0.29, 0.717) is 6.04 Å². The van der Waals surface area contributed by atoms with Gasteiger partial charge in [0, 0.05) is 18.0 Å². The summed E-state index contributed by atoms with van der Waals surface area (Å²) in [5, 5.41) is 5.72.